The van der Waals surface area contributed by atoms with E-state index in [1.54, 1.807) is 38.5 Å². The lowest BCUT2D eigenvalue weighted by molar-refractivity contribution is -0.116. The monoisotopic (exact) mass is 394 g/mol. The van der Waals surface area contributed by atoms with Crippen molar-refractivity contribution < 1.29 is 18.7 Å². The van der Waals surface area contributed by atoms with Crippen molar-refractivity contribution in [1.29, 1.82) is 0 Å². The van der Waals surface area contributed by atoms with Crippen molar-refractivity contribution in [3.8, 4) is 11.5 Å². The highest BCUT2D eigenvalue weighted by Gasteiger charge is 2.07. The highest BCUT2D eigenvalue weighted by molar-refractivity contribution is 5.91. The number of anilines is 3. The Morgan fingerprint density at radius 2 is 1.59 bits per heavy atom. The Balaban J connectivity index is 1.53. The molecular formula is C23H23FN2O3. The number of rotatable bonds is 8. The standard InChI is InChI=1S/C23H23FN2O3/c1-28-21-12-6-16(14-22(21)29-2)7-13-23(27)26-19-10-8-18(9-11-19)25-20-5-3-4-17(24)15-20/h3-6,8-12,14-15,25H,7,13H2,1-2H3,(H,26,27). The minimum Gasteiger partial charge on any atom is -0.493 e. The van der Waals surface area contributed by atoms with Crippen LogP contribution in [0.3, 0.4) is 0 Å². The predicted molar refractivity (Wildman–Crippen MR) is 113 cm³/mol. The molecule has 0 aliphatic heterocycles. The fourth-order valence-electron chi connectivity index (χ4n) is 2.89. The highest BCUT2D eigenvalue weighted by atomic mass is 19.1. The number of carbonyl (C=O) groups is 1. The molecule has 0 saturated heterocycles. The molecule has 0 spiro atoms. The quantitative estimate of drug-likeness (QED) is 0.554. The second kappa shape index (κ2) is 9.59. The summed E-state index contributed by atoms with van der Waals surface area (Å²) in [5.74, 6) is 0.929. The van der Waals surface area contributed by atoms with E-state index in [-0.39, 0.29) is 11.7 Å². The third-order valence-corrected chi connectivity index (χ3v) is 4.37. The van der Waals surface area contributed by atoms with Gasteiger partial charge in [-0.1, -0.05) is 12.1 Å². The Hall–Kier alpha value is -3.54. The lowest BCUT2D eigenvalue weighted by Gasteiger charge is -2.10. The molecule has 0 aliphatic carbocycles. The maximum absolute atomic E-state index is 13.3. The average molecular weight is 394 g/mol. The van der Waals surface area contributed by atoms with Crippen LogP contribution in [0.1, 0.15) is 12.0 Å². The molecule has 0 aliphatic rings. The molecule has 0 atom stereocenters. The fraction of sp³-hybridized carbons (Fsp3) is 0.174. The first-order chi connectivity index (χ1) is 14.1. The first-order valence-corrected chi connectivity index (χ1v) is 9.21. The molecule has 2 N–H and O–H groups in total. The van der Waals surface area contributed by atoms with Gasteiger partial charge in [0.1, 0.15) is 5.82 Å². The number of hydrogen-bond donors (Lipinski definition) is 2. The van der Waals surface area contributed by atoms with Crippen LogP contribution < -0.4 is 20.1 Å². The van der Waals surface area contributed by atoms with Crippen LogP contribution in [0, 0.1) is 5.82 Å². The van der Waals surface area contributed by atoms with Crippen LogP contribution in [0.2, 0.25) is 0 Å². The summed E-state index contributed by atoms with van der Waals surface area (Å²) in [5, 5.41) is 6.00. The normalized spacial score (nSPS) is 10.3. The first-order valence-electron chi connectivity index (χ1n) is 9.21. The summed E-state index contributed by atoms with van der Waals surface area (Å²) in [6.07, 6.45) is 0.935. The van der Waals surface area contributed by atoms with Gasteiger partial charge >= 0.3 is 0 Å². The molecule has 0 aromatic heterocycles. The molecular weight excluding hydrogens is 371 g/mol. The summed E-state index contributed by atoms with van der Waals surface area (Å²) in [6.45, 7) is 0. The fourth-order valence-corrected chi connectivity index (χ4v) is 2.89. The molecule has 0 unspecified atom stereocenters. The van der Waals surface area contributed by atoms with E-state index in [0.29, 0.717) is 35.7 Å². The van der Waals surface area contributed by atoms with Crippen molar-refractivity contribution >= 4 is 23.0 Å². The Bertz CT molecular complexity index is 974. The van der Waals surface area contributed by atoms with E-state index in [4.69, 9.17) is 9.47 Å². The van der Waals surface area contributed by atoms with E-state index in [1.165, 1.54) is 12.1 Å². The summed E-state index contributed by atoms with van der Waals surface area (Å²) in [4.78, 5) is 12.3. The van der Waals surface area contributed by atoms with Crippen molar-refractivity contribution in [2.75, 3.05) is 24.9 Å². The van der Waals surface area contributed by atoms with Gasteiger partial charge in [0.15, 0.2) is 11.5 Å². The Morgan fingerprint density at radius 3 is 2.28 bits per heavy atom. The van der Waals surface area contributed by atoms with Crippen molar-refractivity contribution in [3.05, 3.63) is 78.1 Å². The maximum atomic E-state index is 13.3. The molecule has 29 heavy (non-hydrogen) atoms. The molecule has 5 nitrogen and oxygen atoms in total. The van der Waals surface area contributed by atoms with Gasteiger partial charge in [-0.2, -0.15) is 0 Å². The second-order valence-electron chi connectivity index (χ2n) is 6.45. The lowest BCUT2D eigenvalue weighted by atomic mass is 10.1. The van der Waals surface area contributed by atoms with Crippen LogP contribution >= 0.6 is 0 Å². The predicted octanol–water partition coefficient (Wildman–Crippen LogP) is 5.16. The van der Waals surface area contributed by atoms with Crippen LogP contribution in [0.4, 0.5) is 21.5 Å². The minimum atomic E-state index is -0.298. The molecule has 0 radical (unpaired) electrons. The summed E-state index contributed by atoms with van der Waals surface area (Å²) >= 11 is 0. The third-order valence-electron chi connectivity index (χ3n) is 4.37. The average Bonchev–Trinajstić information content (AvgIpc) is 2.73. The molecule has 3 rings (SSSR count). The smallest absolute Gasteiger partial charge is 0.224 e. The summed E-state index contributed by atoms with van der Waals surface area (Å²) < 4.78 is 23.8. The summed E-state index contributed by atoms with van der Waals surface area (Å²) in [6, 6.07) is 19.1. The zero-order chi connectivity index (χ0) is 20.6. The topological polar surface area (TPSA) is 59.6 Å². The Kier molecular flexibility index (Phi) is 6.68. The van der Waals surface area contributed by atoms with Gasteiger partial charge in [-0.05, 0) is 66.6 Å². The molecule has 0 bridgehead atoms. The van der Waals surface area contributed by atoms with Gasteiger partial charge in [-0.15, -0.1) is 0 Å². The van der Waals surface area contributed by atoms with Crippen molar-refractivity contribution in [2.45, 2.75) is 12.8 Å². The molecule has 0 saturated carbocycles. The molecule has 1 amide bonds. The van der Waals surface area contributed by atoms with E-state index >= 15 is 0 Å². The molecule has 0 fully saturated rings. The number of halogens is 1. The van der Waals surface area contributed by atoms with Crippen LogP contribution in [-0.4, -0.2) is 20.1 Å². The largest absolute Gasteiger partial charge is 0.493 e. The van der Waals surface area contributed by atoms with E-state index < -0.39 is 0 Å². The number of amides is 1. The van der Waals surface area contributed by atoms with Gasteiger partial charge in [0.05, 0.1) is 14.2 Å². The zero-order valence-corrected chi connectivity index (χ0v) is 16.4. The molecule has 150 valence electrons. The SMILES string of the molecule is COc1ccc(CCC(=O)Nc2ccc(Nc3cccc(F)c3)cc2)cc1OC. The van der Waals surface area contributed by atoms with E-state index in [2.05, 4.69) is 10.6 Å². The Labute approximate surface area is 169 Å². The van der Waals surface area contributed by atoms with Crippen LogP contribution in [-0.2, 0) is 11.2 Å². The van der Waals surface area contributed by atoms with Crippen molar-refractivity contribution in [2.24, 2.45) is 0 Å². The number of nitrogens with one attached hydrogen (secondary N) is 2. The molecule has 3 aromatic carbocycles. The van der Waals surface area contributed by atoms with E-state index in [9.17, 15) is 9.18 Å². The number of benzene rings is 3. The minimum absolute atomic E-state index is 0.0781. The lowest BCUT2D eigenvalue weighted by Crippen LogP contribution is -2.12. The number of carbonyl (C=O) groups excluding carboxylic acids is 1. The summed E-state index contributed by atoms with van der Waals surface area (Å²) in [7, 11) is 3.17. The van der Waals surface area contributed by atoms with Gasteiger partial charge in [0.2, 0.25) is 5.91 Å². The first kappa shape index (κ1) is 20.2. The maximum Gasteiger partial charge on any atom is 0.224 e. The van der Waals surface area contributed by atoms with Gasteiger partial charge in [-0.3, -0.25) is 4.79 Å². The van der Waals surface area contributed by atoms with Gasteiger partial charge in [-0.25, -0.2) is 4.39 Å². The molecule has 3 aromatic rings. The van der Waals surface area contributed by atoms with Gasteiger partial charge < -0.3 is 20.1 Å². The molecule has 0 heterocycles. The van der Waals surface area contributed by atoms with Gasteiger partial charge in [0, 0.05) is 23.5 Å². The third kappa shape index (κ3) is 5.72. The van der Waals surface area contributed by atoms with E-state index in [0.717, 1.165) is 11.3 Å². The van der Waals surface area contributed by atoms with Gasteiger partial charge in [0.25, 0.3) is 0 Å². The van der Waals surface area contributed by atoms with Crippen LogP contribution in [0.5, 0.6) is 11.5 Å². The Morgan fingerprint density at radius 1 is 0.862 bits per heavy atom. The summed E-state index contributed by atoms with van der Waals surface area (Å²) in [5.41, 5.74) is 3.16. The number of aryl methyl sites for hydroxylation is 1. The van der Waals surface area contributed by atoms with Crippen molar-refractivity contribution in [3.63, 3.8) is 0 Å². The number of ether oxygens (including phenoxy) is 2. The van der Waals surface area contributed by atoms with E-state index in [1.807, 2.05) is 30.3 Å². The van der Waals surface area contributed by atoms with Crippen LogP contribution in [0.25, 0.3) is 0 Å². The van der Waals surface area contributed by atoms with Crippen molar-refractivity contribution in [1.82, 2.24) is 0 Å². The number of hydrogen-bond acceptors (Lipinski definition) is 4. The highest BCUT2D eigenvalue weighted by Crippen LogP contribution is 2.28. The molecule has 6 heteroatoms. The second-order valence-corrected chi connectivity index (χ2v) is 6.45. The van der Waals surface area contributed by atoms with Crippen LogP contribution in [0.15, 0.2) is 66.7 Å². The number of methoxy groups -OCH3 is 2. The zero-order valence-electron chi connectivity index (χ0n) is 16.4.